The average Bonchev–Trinajstić information content (AvgIpc) is 2.50. The highest BCUT2D eigenvalue weighted by Crippen LogP contribution is 2.31. The van der Waals surface area contributed by atoms with E-state index in [2.05, 4.69) is 15.9 Å². The summed E-state index contributed by atoms with van der Waals surface area (Å²) in [6.07, 6.45) is 0. The van der Waals surface area contributed by atoms with Gasteiger partial charge in [0, 0.05) is 13.1 Å². The van der Waals surface area contributed by atoms with Gasteiger partial charge in [-0.2, -0.15) is 0 Å². The molecule has 112 valence electrons. The number of benzene rings is 1. The third-order valence-corrected chi connectivity index (χ3v) is 3.50. The van der Waals surface area contributed by atoms with Crippen LogP contribution in [0.25, 0.3) is 11.0 Å². The number of fused-ring (bicyclic) bond motifs is 1. The molecule has 1 aromatic carbocycles. The van der Waals surface area contributed by atoms with Gasteiger partial charge in [0.25, 0.3) is 0 Å². The lowest BCUT2D eigenvalue weighted by atomic mass is 10.2. The second-order valence-corrected chi connectivity index (χ2v) is 6.11. The summed E-state index contributed by atoms with van der Waals surface area (Å²) in [4.78, 5) is 14.7. The van der Waals surface area contributed by atoms with Crippen LogP contribution in [-0.2, 0) is 4.74 Å². The predicted octanol–water partition coefficient (Wildman–Crippen LogP) is 2.75. The van der Waals surface area contributed by atoms with Gasteiger partial charge in [0.15, 0.2) is 5.01 Å². The number of halogens is 1. The Bertz CT molecular complexity index is 692. The Morgan fingerprint density at radius 2 is 2.00 bits per heavy atom. The number of nitrogens with zero attached hydrogens (tertiary/aromatic N) is 1. The Kier molecular flexibility index (Phi) is 4.17. The zero-order valence-corrected chi connectivity index (χ0v) is 13.3. The fourth-order valence-electron chi connectivity index (χ4n) is 2.35. The molecular weight excluding hydrogens is 338 g/mol. The largest absolute Gasteiger partial charge is 0.470 e. The van der Waals surface area contributed by atoms with Crippen LogP contribution in [0.5, 0.6) is 5.75 Å². The zero-order chi connectivity index (χ0) is 14.8. The summed E-state index contributed by atoms with van der Waals surface area (Å²) in [6.45, 7) is 4.39. The van der Waals surface area contributed by atoms with Crippen molar-refractivity contribution in [2.45, 2.75) is 11.9 Å². The van der Waals surface area contributed by atoms with Gasteiger partial charge in [0.1, 0.15) is 5.58 Å². The Labute approximate surface area is 130 Å². The van der Waals surface area contributed by atoms with Crippen LogP contribution in [0.15, 0.2) is 33.5 Å². The number of morpholine rings is 1. The summed E-state index contributed by atoms with van der Waals surface area (Å²) in [5.41, 5.74) is 0.420. The molecule has 6 heteroatoms. The minimum atomic E-state index is -0.277. The quantitative estimate of drug-likeness (QED) is 0.794. The molecule has 2 aromatic rings. The van der Waals surface area contributed by atoms with Crippen molar-refractivity contribution < 1.29 is 13.9 Å². The molecule has 1 saturated heterocycles. The van der Waals surface area contributed by atoms with Crippen LogP contribution in [-0.4, -0.2) is 31.3 Å². The van der Waals surface area contributed by atoms with Crippen molar-refractivity contribution in [3.05, 3.63) is 34.5 Å². The molecule has 1 atom stereocenters. The lowest BCUT2D eigenvalue weighted by molar-refractivity contribution is 0.120. The van der Waals surface area contributed by atoms with E-state index < -0.39 is 0 Å². The van der Waals surface area contributed by atoms with E-state index in [1.54, 1.807) is 12.1 Å². The van der Waals surface area contributed by atoms with Gasteiger partial charge in [-0.1, -0.05) is 12.1 Å². The Morgan fingerprint density at radius 1 is 1.29 bits per heavy atom. The highest BCUT2D eigenvalue weighted by Gasteiger charge is 2.23. The highest BCUT2D eigenvalue weighted by molar-refractivity contribution is 9.09. The minimum Gasteiger partial charge on any atom is -0.470 e. The first-order valence-electron chi connectivity index (χ1n) is 6.86. The van der Waals surface area contributed by atoms with E-state index in [0.717, 1.165) is 0 Å². The molecule has 5 nitrogen and oxygen atoms in total. The Balaban J connectivity index is 2.17. The number of rotatable bonds is 3. The highest BCUT2D eigenvalue weighted by atomic mass is 79.9. The van der Waals surface area contributed by atoms with Crippen LogP contribution in [0.3, 0.4) is 0 Å². The van der Waals surface area contributed by atoms with Gasteiger partial charge in [-0.05, 0) is 35.0 Å². The monoisotopic (exact) mass is 353 g/mol. The van der Waals surface area contributed by atoms with Gasteiger partial charge in [-0.25, -0.2) is 0 Å². The van der Waals surface area contributed by atoms with Gasteiger partial charge in [0.05, 0.1) is 18.6 Å². The van der Waals surface area contributed by atoms with Gasteiger partial charge in [0.2, 0.25) is 17.1 Å². The molecule has 1 aliphatic heterocycles. The normalized spacial score (nSPS) is 17.0. The van der Waals surface area contributed by atoms with Crippen LogP contribution in [0.2, 0.25) is 0 Å². The average molecular weight is 354 g/mol. The lowest BCUT2D eigenvalue weighted by Crippen LogP contribution is -2.37. The van der Waals surface area contributed by atoms with Gasteiger partial charge < -0.3 is 18.8 Å². The van der Waals surface area contributed by atoms with E-state index in [-0.39, 0.29) is 16.2 Å². The van der Waals surface area contributed by atoms with Crippen LogP contribution in [0, 0.1) is 0 Å². The van der Waals surface area contributed by atoms with Crippen molar-refractivity contribution in [3.63, 3.8) is 0 Å². The smallest absolute Gasteiger partial charge is 0.243 e. The lowest BCUT2D eigenvalue weighted by Gasteiger charge is -2.28. The molecule has 1 aliphatic rings. The molecule has 0 aliphatic carbocycles. The van der Waals surface area contributed by atoms with Gasteiger partial charge >= 0.3 is 0 Å². The molecule has 0 amide bonds. The molecule has 0 saturated carbocycles. The van der Waals surface area contributed by atoms with Crippen molar-refractivity contribution >= 4 is 32.8 Å². The summed E-state index contributed by atoms with van der Waals surface area (Å²) >= 11 is 3.32. The van der Waals surface area contributed by atoms with Crippen molar-refractivity contribution in [3.8, 4) is 5.75 Å². The van der Waals surface area contributed by atoms with Gasteiger partial charge in [-0.3, -0.25) is 4.79 Å². The van der Waals surface area contributed by atoms with Gasteiger partial charge in [-0.15, -0.1) is 0 Å². The molecular formula is C15H16BrNO4. The Morgan fingerprint density at radius 3 is 2.71 bits per heavy atom. The number of anilines is 1. The number of hydrogen-bond acceptors (Lipinski definition) is 5. The number of hydrogen-bond donors (Lipinski definition) is 0. The van der Waals surface area contributed by atoms with E-state index in [1.807, 2.05) is 24.0 Å². The maximum atomic E-state index is 12.7. The van der Waals surface area contributed by atoms with Crippen LogP contribution in [0.1, 0.15) is 6.92 Å². The fraction of sp³-hybridized carbons (Fsp3) is 0.400. The van der Waals surface area contributed by atoms with Crippen molar-refractivity contribution in [1.29, 1.82) is 0 Å². The van der Waals surface area contributed by atoms with Crippen molar-refractivity contribution in [2.75, 3.05) is 31.2 Å². The third-order valence-electron chi connectivity index (χ3n) is 3.32. The van der Waals surface area contributed by atoms with E-state index >= 15 is 0 Å². The van der Waals surface area contributed by atoms with E-state index in [9.17, 15) is 4.79 Å². The number of ether oxygens (including phenoxy) is 2. The number of alkyl halides is 1. The number of para-hydroxylation sites is 1. The summed E-state index contributed by atoms with van der Waals surface area (Å²) in [5, 5.41) is 0.249. The summed E-state index contributed by atoms with van der Waals surface area (Å²) in [7, 11) is 0. The molecule has 1 fully saturated rings. The topological polar surface area (TPSA) is 51.9 Å². The Hall–Kier alpha value is -1.53. The maximum absolute atomic E-state index is 12.7. The molecule has 0 spiro atoms. The van der Waals surface area contributed by atoms with Crippen LogP contribution in [0.4, 0.5) is 5.88 Å². The fourth-order valence-corrected chi connectivity index (χ4v) is 2.54. The van der Waals surface area contributed by atoms with E-state index in [1.165, 1.54) is 0 Å². The maximum Gasteiger partial charge on any atom is 0.243 e. The summed E-state index contributed by atoms with van der Waals surface area (Å²) < 4.78 is 17.0. The predicted molar refractivity (Wildman–Crippen MR) is 84.5 cm³/mol. The molecule has 2 heterocycles. The first-order valence-corrected chi connectivity index (χ1v) is 7.77. The molecule has 1 unspecified atom stereocenters. The molecule has 0 bridgehead atoms. The summed E-state index contributed by atoms with van der Waals surface area (Å²) in [6, 6.07) is 7.20. The van der Waals surface area contributed by atoms with Crippen LogP contribution < -0.4 is 15.1 Å². The molecule has 0 radical (unpaired) electrons. The molecule has 21 heavy (non-hydrogen) atoms. The van der Waals surface area contributed by atoms with Crippen molar-refractivity contribution in [1.82, 2.24) is 0 Å². The summed E-state index contributed by atoms with van der Waals surface area (Å²) in [5.74, 6) is 0.730. The molecule has 3 rings (SSSR count). The standard InChI is InChI=1S/C15H16BrNO4/c1-10(16)20-14-13(18)11-4-2-3-5-12(11)21-15(14)17-6-8-19-9-7-17/h2-5,10H,6-9H2,1H3. The van der Waals surface area contributed by atoms with Crippen molar-refractivity contribution in [2.24, 2.45) is 0 Å². The zero-order valence-electron chi connectivity index (χ0n) is 11.7. The second kappa shape index (κ2) is 6.07. The van der Waals surface area contributed by atoms with E-state index in [0.29, 0.717) is 43.2 Å². The first-order chi connectivity index (χ1) is 10.2. The third kappa shape index (κ3) is 2.91. The molecule has 0 N–H and O–H groups in total. The molecule has 1 aromatic heterocycles. The van der Waals surface area contributed by atoms with E-state index in [4.69, 9.17) is 13.9 Å². The second-order valence-electron chi connectivity index (χ2n) is 4.82. The SMILES string of the molecule is CC(Br)Oc1c(N2CCOCC2)oc2ccccc2c1=O. The first kappa shape index (κ1) is 14.4. The van der Waals surface area contributed by atoms with Crippen LogP contribution >= 0.6 is 15.9 Å². The minimum absolute atomic E-state index is 0.148.